The standard InChI is InChI=1S/C19H21N5/c1-14-19(23-17-7-3-2-6-16(17)22-14)21-13-15-8-9-20-18(12-15)24-10-4-5-11-24/h2-3,6-9,12H,4-5,10-11,13H2,1H3,(H,21,23). The summed E-state index contributed by atoms with van der Waals surface area (Å²) >= 11 is 0. The molecule has 1 N–H and O–H groups in total. The maximum absolute atomic E-state index is 4.69. The summed E-state index contributed by atoms with van der Waals surface area (Å²) in [6, 6.07) is 12.2. The van der Waals surface area contributed by atoms with Crippen molar-refractivity contribution < 1.29 is 0 Å². The lowest BCUT2D eigenvalue weighted by molar-refractivity contribution is 0.931. The topological polar surface area (TPSA) is 53.9 Å². The summed E-state index contributed by atoms with van der Waals surface area (Å²) < 4.78 is 0. The number of anilines is 2. The molecule has 122 valence electrons. The fourth-order valence-electron chi connectivity index (χ4n) is 3.13. The first kappa shape index (κ1) is 14.9. The highest BCUT2D eigenvalue weighted by molar-refractivity contribution is 5.76. The number of hydrogen-bond donors (Lipinski definition) is 1. The lowest BCUT2D eigenvalue weighted by atomic mass is 10.2. The van der Waals surface area contributed by atoms with Crippen LogP contribution in [0.5, 0.6) is 0 Å². The van der Waals surface area contributed by atoms with Crippen LogP contribution in [0.1, 0.15) is 24.1 Å². The lowest BCUT2D eigenvalue weighted by Gasteiger charge is -2.17. The second kappa shape index (κ2) is 6.43. The monoisotopic (exact) mass is 319 g/mol. The van der Waals surface area contributed by atoms with E-state index in [9.17, 15) is 0 Å². The number of rotatable bonds is 4. The first-order valence-electron chi connectivity index (χ1n) is 8.47. The van der Waals surface area contributed by atoms with Crippen molar-refractivity contribution in [1.82, 2.24) is 15.0 Å². The minimum Gasteiger partial charge on any atom is -0.364 e. The zero-order valence-electron chi connectivity index (χ0n) is 13.9. The Morgan fingerprint density at radius 2 is 1.79 bits per heavy atom. The maximum atomic E-state index is 4.69. The molecular formula is C19H21N5. The molecule has 3 aromatic rings. The Kier molecular flexibility index (Phi) is 3.99. The number of aryl methyl sites for hydroxylation is 1. The van der Waals surface area contributed by atoms with E-state index in [2.05, 4.69) is 32.3 Å². The Morgan fingerprint density at radius 1 is 1.04 bits per heavy atom. The highest BCUT2D eigenvalue weighted by Crippen LogP contribution is 2.20. The molecule has 1 aliphatic rings. The summed E-state index contributed by atoms with van der Waals surface area (Å²) in [7, 11) is 0. The van der Waals surface area contributed by atoms with E-state index in [0.29, 0.717) is 0 Å². The van der Waals surface area contributed by atoms with Crippen LogP contribution in [0.3, 0.4) is 0 Å². The molecule has 0 spiro atoms. The second-order valence-corrected chi connectivity index (χ2v) is 6.22. The number of nitrogens with zero attached hydrogens (tertiary/aromatic N) is 4. The van der Waals surface area contributed by atoms with Gasteiger partial charge >= 0.3 is 0 Å². The van der Waals surface area contributed by atoms with Crippen LogP contribution in [0.25, 0.3) is 11.0 Å². The summed E-state index contributed by atoms with van der Waals surface area (Å²) in [5.41, 5.74) is 3.97. The quantitative estimate of drug-likeness (QED) is 0.797. The fourth-order valence-corrected chi connectivity index (χ4v) is 3.13. The molecule has 1 saturated heterocycles. The predicted octanol–water partition coefficient (Wildman–Crippen LogP) is 3.55. The second-order valence-electron chi connectivity index (χ2n) is 6.22. The molecule has 1 fully saturated rings. The zero-order chi connectivity index (χ0) is 16.4. The smallest absolute Gasteiger partial charge is 0.148 e. The van der Waals surface area contributed by atoms with Crippen LogP contribution in [-0.4, -0.2) is 28.0 Å². The summed E-state index contributed by atoms with van der Waals surface area (Å²) in [6.07, 6.45) is 4.41. The summed E-state index contributed by atoms with van der Waals surface area (Å²) in [6.45, 7) is 4.93. The summed E-state index contributed by atoms with van der Waals surface area (Å²) in [5, 5.41) is 3.42. The molecule has 0 amide bonds. The Bertz CT molecular complexity index is 855. The van der Waals surface area contributed by atoms with Crippen molar-refractivity contribution in [3.05, 3.63) is 53.9 Å². The van der Waals surface area contributed by atoms with Crippen LogP contribution in [0.2, 0.25) is 0 Å². The number of nitrogens with one attached hydrogen (secondary N) is 1. The van der Waals surface area contributed by atoms with E-state index in [-0.39, 0.29) is 0 Å². The van der Waals surface area contributed by atoms with Crippen LogP contribution >= 0.6 is 0 Å². The maximum Gasteiger partial charge on any atom is 0.148 e. The Balaban J connectivity index is 1.52. The highest BCUT2D eigenvalue weighted by Gasteiger charge is 2.13. The van der Waals surface area contributed by atoms with Gasteiger partial charge in [0, 0.05) is 25.8 Å². The van der Waals surface area contributed by atoms with Gasteiger partial charge in [-0.25, -0.2) is 15.0 Å². The number of pyridine rings is 1. The van der Waals surface area contributed by atoms with E-state index >= 15 is 0 Å². The normalized spacial score (nSPS) is 14.3. The molecule has 24 heavy (non-hydrogen) atoms. The van der Waals surface area contributed by atoms with Crippen LogP contribution in [0, 0.1) is 6.92 Å². The molecule has 5 heteroatoms. The SMILES string of the molecule is Cc1nc2ccccc2nc1NCc1ccnc(N2CCCC2)c1. The van der Waals surface area contributed by atoms with Gasteiger partial charge in [0.05, 0.1) is 16.7 Å². The molecule has 0 atom stereocenters. The largest absolute Gasteiger partial charge is 0.364 e. The molecule has 1 aromatic carbocycles. The van der Waals surface area contributed by atoms with Crippen molar-refractivity contribution in [3.8, 4) is 0 Å². The molecular weight excluding hydrogens is 298 g/mol. The molecule has 0 saturated carbocycles. The van der Waals surface area contributed by atoms with E-state index in [4.69, 9.17) is 4.98 Å². The molecule has 0 radical (unpaired) electrons. The third-order valence-corrected chi connectivity index (χ3v) is 4.44. The Hall–Kier alpha value is -2.69. The van der Waals surface area contributed by atoms with E-state index in [1.807, 2.05) is 37.4 Å². The van der Waals surface area contributed by atoms with Crippen molar-refractivity contribution in [1.29, 1.82) is 0 Å². The van der Waals surface area contributed by atoms with Crippen LogP contribution < -0.4 is 10.2 Å². The number of aromatic nitrogens is 3. The fraction of sp³-hybridized carbons (Fsp3) is 0.316. The number of benzene rings is 1. The van der Waals surface area contributed by atoms with Crippen molar-refractivity contribution >= 4 is 22.7 Å². The molecule has 3 heterocycles. The number of hydrogen-bond acceptors (Lipinski definition) is 5. The molecule has 4 rings (SSSR count). The van der Waals surface area contributed by atoms with Gasteiger partial charge in [0.1, 0.15) is 11.6 Å². The number of fused-ring (bicyclic) bond motifs is 1. The molecule has 1 aliphatic heterocycles. The molecule has 5 nitrogen and oxygen atoms in total. The Morgan fingerprint density at radius 3 is 2.58 bits per heavy atom. The first-order valence-corrected chi connectivity index (χ1v) is 8.47. The van der Waals surface area contributed by atoms with Gasteiger partial charge in [0.15, 0.2) is 0 Å². The molecule has 0 unspecified atom stereocenters. The number of para-hydroxylation sites is 2. The van der Waals surface area contributed by atoms with Crippen molar-refractivity contribution in [2.75, 3.05) is 23.3 Å². The summed E-state index contributed by atoms with van der Waals surface area (Å²) in [5.74, 6) is 1.92. The van der Waals surface area contributed by atoms with Crippen LogP contribution in [-0.2, 0) is 6.54 Å². The van der Waals surface area contributed by atoms with Crippen LogP contribution in [0.4, 0.5) is 11.6 Å². The summed E-state index contributed by atoms with van der Waals surface area (Å²) in [4.78, 5) is 16.2. The van der Waals surface area contributed by atoms with Gasteiger partial charge < -0.3 is 10.2 Å². The minimum atomic E-state index is 0.719. The van der Waals surface area contributed by atoms with Gasteiger partial charge in [-0.1, -0.05) is 12.1 Å². The lowest BCUT2D eigenvalue weighted by Crippen LogP contribution is -2.19. The third kappa shape index (κ3) is 3.02. The third-order valence-electron chi connectivity index (χ3n) is 4.44. The minimum absolute atomic E-state index is 0.719. The molecule has 2 aromatic heterocycles. The van der Waals surface area contributed by atoms with E-state index < -0.39 is 0 Å². The van der Waals surface area contributed by atoms with Gasteiger partial charge in [-0.2, -0.15) is 0 Å². The van der Waals surface area contributed by atoms with Crippen LogP contribution in [0.15, 0.2) is 42.6 Å². The van der Waals surface area contributed by atoms with Gasteiger partial charge in [-0.3, -0.25) is 0 Å². The van der Waals surface area contributed by atoms with E-state index in [0.717, 1.165) is 48.0 Å². The van der Waals surface area contributed by atoms with E-state index in [1.165, 1.54) is 18.4 Å². The average Bonchev–Trinajstić information content (AvgIpc) is 3.15. The first-order chi connectivity index (χ1) is 11.8. The predicted molar refractivity (Wildman–Crippen MR) is 97.3 cm³/mol. The van der Waals surface area contributed by atoms with E-state index in [1.54, 1.807) is 0 Å². The van der Waals surface area contributed by atoms with Gasteiger partial charge in [-0.15, -0.1) is 0 Å². The zero-order valence-corrected chi connectivity index (χ0v) is 13.9. The average molecular weight is 319 g/mol. The highest BCUT2D eigenvalue weighted by atomic mass is 15.2. The Labute approximate surface area is 141 Å². The molecule has 0 bridgehead atoms. The van der Waals surface area contributed by atoms with Gasteiger partial charge in [-0.05, 0) is 49.6 Å². The van der Waals surface area contributed by atoms with Gasteiger partial charge in [0.2, 0.25) is 0 Å². The van der Waals surface area contributed by atoms with Crippen molar-refractivity contribution in [3.63, 3.8) is 0 Å². The van der Waals surface area contributed by atoms with Gasteiger partial charge in [0.25, 0.3) is 0 Å². The molecule has 0 aliphatic carbocycles. The van der Waals surface area contributed by atoms with Crippen molar-refractivity contribution in [2.24, 2.45) is 0 Å². The van der Waals surface area contributed by atoms with Crippen molar-refractivity contribution in [2.45, 2.75) is 26.3 Å².